The van der Waals surface area contributed by atoms with Crippen molar-refractivity contribution >= 4 is 22.9 Å². The summed E-state index contributed by atoms with van der Waals surface area (Å²) in [5, 5.41) is 1.97. The first-order valence-corrected chi connectivity index (χ1v) is 10.8. The molecule has 8 nitrogen and oxygen atoms in total. The van der Waals surface area contributed by atoms with Gasteiger partial charge < -0.3 is 10.5 Å². The van der Waals surface area contributed by atoms with E-state index in [4.69, 9.17) is 10.5 Å². The predicted octanol–water partition coefficient (Wildman–Crippen LogP) is 2.48. The van der Waals surface area contributed by atoms with Gasteiger partial charge in [-0.25, -0.2) is 4.79 Å². The molecule has 0 radical (unpaired) electrons. The lowest BCUT2D eigenvalue weighted by Gasteiger charge is -2.22. The van der Waals surface area contributed by atoms with Gasteiger partial charge in [-0.05, 0) is 23.9 Å². The summed E-state index contributed by atoms with van der Waals surface area (Å²) in [5.41, 5.74) is 5.45. The quantitative estimate of drug-likeness (QED) is 0.467. The second kappa shape index (κ2) is 10.2. The Morgan fingerprint density at radius 2 is 1.97 bits per heavy atom. The maximum Gasteiger partial charge on any atom is 0.329 e. The first-order valence-electron chi connectivity index (χ1n) is 9.97. The first-order chi connectivity index (χ1) is 14.9. The molecule has 31 heavy (non-hydrogen) atoms. The van der Waals surface area contributed by atoms with Crippen LogP contribution in [0.15, 0.2) is 51.4 Å². The number of aromatic amines is 1. The van der Waals surface area contributed by atoms with Crippen LogP contribution in [-0.4, -0.2) is 33.9 Å². The molecule has 9 heteroatoms. The maximum absolute atomic E-state index is 13.2. The van der Waals surface area contributed by atoms with E-state index in [0.29, 0.717) is 26.1 Å². The second-order valence-electron chi connectivity index (χ2n) is 7.13. The molecule has 0 aliphatic carbocycles. The number of carbonyl (C=O) groups is 1. The largest absolute Gasteiger partial charge is 0.496 e. The number of methoxy groups -OCH3 is 1. The minimum atomic E-state index is -0.756. The first kappa shape index (κ1) is 22.5. The van der Waals surface area contributed by atoms with Gasteiger partial charge in [-0.3, -0.25) is 24.0 Å². The van der Waals surface area contributed by atoms with E-state index in [1.165, 1.54) is 4.57 Å². The van der Waals surface area contributed by atoms with Gasteiger partial charge >= 0.3 is 5.69 Å². The fourth-order valence-electron chi connectivity index (χ4n) is 3.45. The van der Waals surface area contributed by atoms with Gasteiger partial charge in [0.25, 0.3) is 5.56 Å². The van der Waals surface area contributed by atoms with Gasteiger partial charge in [0.05, 0.1) is 13.7 Å². The molecule has 3 rings (SSSR count). The highest BCUT2D eigenvalue weighted by atomic mass is 32.1. The summed E-state index contributed by atoms with van der Waals surface area (Å²) in [7, 11) is 1.60. The molecule has 0 saturated heterocycles. The topological polar surface area (TPSA) is 110 Å². The SMILES string of the molecule is CCCn1c(N)c(C(=O)CN(Cc2cccs2)Cc2ccccc2OC)c(=O)[nH]c1=O. The number of nitrogens with zero attached hydrogens (tertiary/aromatic N) is 2. The van der Waals surface area contributed by atoms with Crippen molar-refractivity contribution in [3.05, 3.63) is 78.6 Å². The molecular weight excluding hydrogens is 416 g/mol. The Bertz CT molecular complexity index is 1150. The number of nitrogens with two attached hydrogens (primary N) is 1. The van der Waals surface area contributed by atoms with Crippen molar-refractivity contribution in [2.24, 2.45) is 0 Å². The lowest BCUT2D eigenvalue weighted by Crippen LogP contribution is -2.39. The highest BCUT2D eigenvalue weighted by Gasteiger charge is 2.22. The van der Waals surface area contributed by atoms with Crippen molar-refractivity contribution < 1.29 is 9.53 Å². The molecular formula is C22H26N4O4S. The predicted molar refractivity (Wildman–Crippen MR) is 122 cm³/mol. The summed E-state index contributed by atoms with van der Waals surface area (Å²) >= 11 is 1.59. The van der Waals surface area contributed by atoms with Gasteiger partial charge in [0.1, 0.15) is 17.1 Å². The number of Topliss-reactive ketones (excluding diaryl/α,β-unsaturated/α-hetero) is 1. The highest BCUT2D eigenvalue weighted by molar-refractivity contribution is 7.09. The Morgan fingerprint density at radius 1 is 1.19 bits per heavy atom. The molecule has 0 aliphatic heterocycles. The van der Waals surface area contributed by atoms with E-state index in [1.54, 1.807) is 18.4 Å². The van der Waals surface area contributed by atoms with Crippen molar-refractivity contribution in [1.29, 1.82) is 0 Å². The number of thiophene rings is 1. The van der Waals surface area contributed by atoms with Crippen LogP contribution in [0, 0.1) is 0 Å². The standard InChI is InChI=1S/C22H26N4O4S/c1-3-10-26-20(23)19(21(28)24-22(26)29)17(27)14-25(13-16-8-6-11-31-16)12-15-7-4-5-9-18(15)30-2/h4-9,11H,3,10,12-14,23H2,1-2H3,(H,24,28,29). The zero-order valence-electron chi connectivity index (χ0n) is 17.6. The van der Waals surface area contributed by atoms with E-state index in [-0.39, 0.29) is 17.9 Å². The lowest BCUT2D eigenvalue weighted by atomic mass is 10.1. The smallest absolute Gasteiger partial charge is 0.329 e. The van der Waals surface area contributed by atoms with Crippen molar-refractivity contribution in [2.75, 3.05) is 19.4 Å². The summed E-state index contributed by atoms with van der Waals surface area (Å²) in [6.45, 7) is 3.14. The number of anilines is 1. The van der Waals surface area contributed by atoms with Gasteiger partial charge in [0.15, 0.2) is 5.78 Å². The number of para-hydroxylation sites is 1. The third-order valence-electron chi connectivity index (χ3n) is 4.88. The van der Waals surface area contributed by atoms with Crippen molar-refractivity contribution in [3.63, 3.8) is 0 Å². The molecule has 0 aliphatic rings. The fraction of sp³-hybridized carbons (Fsp3) is 0.318. The summed E-state index contributed by atoms with van der Waals surface area (Å²) in [6.07, 6.45) is 0.641. The van der Waals surface area contributed by atoms with E-state index < -0.39 is 17.0 Å². The minimum absolute atomic E-state index is 0.0342. The minimum Gasteiger partial charge on any atom is -0.496 e. The fourth-order valence-corrected chi connectivity index (χ4v) is 4.20. The Kier molecular flexibility index (Phi) is 7.43. The van der Waals surface area contributed by atoms with Gasteiger partial charge in [-0.15, -0.1) is 11.3 Å². The van der Waals surface area contributed by atoms with Gasteiger partial charge in [-0.1, -0.05) is 31.2 Å². The number of nitrogens with one attached hydrogen (secondary N) is 1. The van der Waals surface area contributed by atoms with E-state index in [2.05, 4.69) is 4.98 Å². The highest BCUT2D eigenvalue weighted by Crippen LogP contribution is 2.22. The normalized spacial score (nSPS) is 11.1. The molecule has 2 aromatic heterocycles. The van der Waals surface area contributed by atoms with E-state index in [0.717, 1.165) is 16.2 Å². The van der Waals surface area contributed by atoms with Crippen LogP contribution in [-0.2, 0) is 19.6 Å². The molecule has 1 aromatic carbocycles. The molecule has 0 unspecified atom stereocenters. The number of hydrogen-bond acceptors (Lipinski definition) is 7. The monoisotopic (exact) mass is 442 g/mol. The second-order valence-corrected chi connectivity index (χ2v) is 8.16. The number of carbonyl (C=O) groups excluding carboxylic acids is 1. The summed E-state index contributed by atoms with van der Waals surface area (Å²) in [4.78, 5) is 42.9. The summed E-state index contributed by atoms with van der Waals surface area (Å²) in [6, 6.07) is 11.5. The van der Waals surface area contributed by atoms with Crippen LogP contribution in [0.5, 0.6) is 5.75 Å². The van der Waals surface area contributed by atoms with Crippen molar-refractivity contribution in [2.45, 2.75) is 33.0 Å². The average Bonchev–Trinajstić information content (AvgIpc) is 3.24. The van der Waals surface area contributed by atoms with Gasteiger partial charge in [0.2, 0.25) is 0 Å². The molecule has 0 amide bonds. The van der Waals surface area contributed by atoms with Crippen molar-refractivity contribution in [3.8, 4) is 5.75 Å². The molecule has 0 bridgehead atoms. The van der Waals surface area contributed by atoms with Crippen molar-refractivity contribution in [1.82, 2.24) is 14.5 Å². The number of aromatic nitrogens is 2. The molecule has 0 fully saturated rings. The summed E-state index contributed by atoms with van der Waals surface area (Å²) in [5.74, 6) is 0.198. The van der Waals surface area contributed by atoms with Crippen LogP contribution in [0.1, 0.15) is 34.1 Å². The molecule has 3 N–H and O–H groups in total. The Balaban J connectivity index is 1.92. The number of benzene rings is 1. The number of ether oxygens (including phenoxy) is 1. The van der Waals surface area contributed by atoms with E-state index >= 15 is 0 Å². The molecule has 0 saturated carbocycles. The summed E-state index contributed by atoms with van der Waals surface area (Å²) < 4.78 is 6.68. The number of ketones is 1. The van der Waals surface area contributed by atoms with Crippen LogP contribution in [0.25, 0.3) is 0 Å². The van der Waals surface area contributed by atoms with Crippen LogP contribution < -0.4 is 21.7 Å². The van der Waals surface area contributed by atoms with Gasteiger partial charge in [-0.2, -0.15) is 0 Å². The average molecular weight is 443 g/mol. The number of nitrogen functional groups attached to an aromatic ring is 1. The zero-order valence-corrected chi connectivity index (χ0v) is 18.4. The Labute approximate surface area is 183 Å². The van der Waals surface area contributed by atoms with E-state index in [9.17, 15) is 14.4 Å². The van der Waals surface area contributed by atoms with E-state index in [1.807, 2.05) is 53.6 Å². The van der Waals surface area contributed by atoms with Crippen LogP contribution in [0.4, 0.5) is 5.82 Å². The Hall–Kier alpha value is -3.17. The number of rotatable bonds is 10. The third kappa shape index (κ3) is 5.31. The van der Waals surface area contributed by atoms with Crippen LogP contribution in [0.3, 0.4) is 0 Å². The number of H-pyrrole nitrogens is 1. The lowest BCUT2D eigenvalue weighted by molar-refractivity contribution is 0.0918. The molecule has 2 heterocycles. The number of hydrogen-bond donors (Lipinski definition) is 2. The van der Waals surface area contributed by atoms with Crippen LogP contribution >= 0.6 is 11.3 Å². The molecule has 164 valence electrons. The molecule has 3 aromatic rings. The van der Waals surface area contributed by atoms with Gasteiger partial charge in [0, 0.05) is 30.1 Å². The van der Waals surface area contributed by atoms with Crippen LogP contribution in [0.2, 0.25) is 0 Å². The Morgan fingerprint density at radius 3 is 2.65 bits per heavy atom. The third-order valence-corrected chi connectivity index (χ3v) is 5.74. The zero-order chi connectivity index (χ0) is 22.4. The maximum atomic E-state index is 13.2. The molecule has 0 spiro atoms. The molecule has 0 atom stereocenters.